The zero-order valence-electron chi connectivity index (χ0n) is 11.9. The van der Waals surface area contributed by atoms with Gasteiger partial charge in [-0.25, -0.2) is 8.42 Å². The maximum Gasteiger partial charge on any atom is 0.289 e. The number of sulfonamides is 1. The van der Waals surface area contributed by atoms with Crippen molar-refractivity contribution in [3.05, 3.63) is 34.4 Å². The fourth-order valence-electron chi connectivity index (χ4n) is 2.58. The van der Waals surface area contributed by atoms with Crippen LogP contribution in [0.15, 0.2) is 29.2 Å². The van der Waals surface area contributed by atoms with Gasteiger partial charge in [-0.3, -0.25) is 10.1 Å². The van der Waals surface area contributed by atoms with Crippen molar-refractivity contribution in [1.82, 2.24) is 4.31 Å². The Morgan fingerprint density at radius 2 is 2.10 bits per heavy atom. The third-order valence-electron chi connectivity index (χ3n) is 3.96. The van der Waals surface area contributed by atoms with E-state index in [1.807, 2.05) is 6.92 Å². The van der Waals surface area contributed by atoms with Crippen molar-refractivity contribution >= 4 is 15.7 Å². The highest BCUT2D eigenvalue weighted by Gasteiger charge is 2.38. The van der Waals surface area contributed by atoms with Crippen molar-refractivity contribution in [2.75, 3.05) is 13.1 Å². The fraction of sp³-hybridized carbons (Fsp3) is 0.538. The van der Waals surface area contributed by atoms with Gasteiger partial charge in [-0.15, -0.1) is 0 Å². The van der Waals surface area contributed by atoms with E-state index in [9.17, 15) is 18.5 Å². The molecule has 2 N–H and O–H groups in total. The fourth-order valence-corrected chi connectivity index (χ4v) is 4.31. The predicted octanol–water partition coefficient (Wildman–Crippen LogP) is 1.49. The molecule has 1 fully saturated rings. The summed E-state index contributed by atoms with van der Waals surface area (Å²) in [6.45, 7) is 2.45. The smallest absolute Gasteiger partial charge is 0.289 e. The van der Waals surface area contributed by atoms with Crippen LogP contribution in [-0.2, 0) is 10.0 Å². The minimum absolute atomic E-state index is 0.192. The molecule has 1 aliphatic rings. The molecule has 1 aromatic rings. The zero-order chi connectivity index (χ0) is 15.7. The van der Waals surface area contributed by atoms with Crippen molar-refractivity contribution in [1.29, 1.82) is 0 Å². The van der Waals surface area contributed by atoms with Gasteiger partial charge >= 0.3 is 0 Å². The molecule has 2 rings (SSSR count). The highest BCUT2D eigenvalue weighted by molar-refractivity contribution is 7.89. The van der Waals surface area contributed by atoms with Crippen LogP contribution >= 0.6 is 0 Å². The summed E-state index contributed by atoms with van der Waals surface area (Å²) in [5.74, 6) is 0. The number of hydrogen-bond acceptors (Lipinski definition) is 5. The summed E-state index contributed by atoms with van der Waals surface area (Å²) in [4.78, 5) is 10.1. The molecule has 1 aromatic carbocycles. The molecule has 116 valence electrons. The first-order valence-electron chi connectivity index (χ1n) is 6.83. The molecule has 1 heterocycles. The lowest BCUT2D eigenvalue weighted by Gasteiger charge is -2.38. The maximum atomic E-state index is 12.7. The van der Waals surface area contributed by atoms with Crippen molar-refractivity contribution in [2.45, 2.75) is 36.6 Å². The van der Waals surface area contributed by atoms with Gasteiger partial charge in [0.2, 0.25) is 10.0 Å². The summed E-state index contributed by atoms with van der Waals surface area (Å²) in [6.07, 6.45) is 2.08. The van der Waals surface area contributed by atoms with Crippen molar-refractivity contribution in [3.63, 3.8) is 0 Å². The summed E-state index contributed by atoms with van der Waals surface area (Å²) in [6, 6.07) is 5.41. The Labute approximate surface area is 123 Å². The van der Waals surface area contributed by atoms with Gasteiger partial charge in [0.15, 0.2) is 4.90 Å². The second kappa shape index (κ2) is 5.70. The molecule has 0 radical (unpaired) electrons. The van der Waals surface area contributed by atoms with E-state index in [0.29, 0.717) is 19.4 Å². The standard InChI is InChI=1S/C13H19N3O4S/c1-2-13(14)8-5-9-15(10-13)21(19,20)12-7-4-3-6-11(12)16(17)18/h3-4,6-7H,2,5,8-10,14H2,1H3. The molecule has 0 saturated carbocycles. The normalized spacial score (nSPS) is 23.9. The van der Waals surface area contributed by atoms with Crippen molar-refractivity contribution < 1.29 is 13.3 Å². The van der Waals surface area contributed by atoms with Gasteiger partial charge in [0, 0.05) is 24.7 Å². The van der Waals surface area contributed by atoms with Crippen LogP contribution in [-0.4, -0.2) is 36.3 Å². The summed E-state index contributed by atoms with van der Waals surface area (Å²) >= 11 is 0. The second-order valence-corrected chi connectivity index (χ2v) is 7.29. The number of nitro groups is 1. The van der Waals surface area contributed by atoms with E-state index in [1.54, 1.807) is 0 Å². The lowest BCUT2D eigenvalue weighted by Crippen LogP contribution is -2.55. The Balaban J connectivity index is 2.41. The van der Waals surface area contributed by atoms with Crippen LogP contribution in [0.4, 0.5) is 5.69 Å². The number of nitro benzene ring substituents is 1. The number of para-hydroxylation sites is 1. The first kappa shape index (κ1) is 15.9. The molecule has 21 heavy (non-hydrogen) atoms. The third-order valence-corrected chi connectivity index (χ3v) is 5.85. The Bertz CT molecular complexity index is 647. The van der Waals surface area contributed by atoms with Gasteiger partial charge < -0.3 is 5.73 Å². The Morgan fingerprint density at radius 1 is 1.43 bits per heavy atom. The molecule has 0 aliphatic carbocycles. The van der Waals surface area contributed by atoms with Crippen molar-refractivity contribution in [3.8, 4) is 0 Å². The van der Waals surface area contributed by atoms with Gasteiger partial charge in [0.05, 0.1) is 4.92 Å². The summed E-state index contributed by atoms with van der Waals surface area (Å²) in [7, 11) is -3.91. The number of hydrogen-bond donors (Lipinski definition) is 1. The molecular weight excluding hydrogens is 294 g/mol. The van der Waals surface area contributed by atoms with E-state index < -0.39 is 26.2 Å². The van der Waals surface area contributed by atoms with Crippen LogP contribution in [0.1, 0.15) is 26.2 Å². The van der Waals surface area contributed by atoms with Crippen molar-refractivity contribution in [2.24, 2.45) is 5.73 Å². The second-order valence-electron chi connectivity index (χ2n) is 5.38. The van der Waals surface area contributed by atoms with E-state index in [4.69, 9.17) is 5.73 Å². The molecule has 1 atom stereocenters. The van der Waals surface area contributed by atoms with Crippen LogP contribution in [0.2, 0.25) is 0 Å². The molecule has 1 saturated heterocycles. The summed E-state index contributed by atoms with van der Waals surface area (Å²) < 4.78 is 26.6. The Kier molecular flexibility index (Phi) is 4.31. The third kappa shape index (κ3) is 3.07. The van der Waals surface area contributed by atoms with E-state index in [2.05, 4.69) is 0 Å². The summed E-state index contributed by atoms with van der Waals surface area (Å²) in [5, 5.41) is 11.0. The first-order valence-corrected chi connectivity index (χ1v) is 8.27. The highest BCUT2D eigenvalue weighted by atomic mass is 32.2. The minimum atomic E-state index is -3.91. The highest BCUT2D eigenvalue weighted by Crippen LogP contribution is 2.30. The van der Waals surface area contributed by atoms with E-state index in [0.717, 1.165) is 6.42 Å². The molecule has 1 aliphatic heterocycles. The lowest BCUT2D eigenvalue weighted by atomic mass is 9.89. The number of piperidine rings is 1. The van der Waals surface area contributed by atoms with Crippen LogP contribution in [0, 0.1) is 10.1 Å². The monoisotopic (exact) mass is 313 g/mol. The minimum Gasteiger partial charge on any atom is -0.324 e. The number of rotatable bonds is 4. The molecule has 0 bridgehead atoms. The van der Waals surface area contributed by atoms with Gasteiger partial charge in [-0.1, -0.05) is 19.1 Å². The van der Waals surface area contributed by atoms with E-state index in [-0.39, 0.29) is 11.4 Å². The Hall–Kier alpha value is -1.51. The molecule has 0 aromatic heterocycles. The molecule has 0 spiro atoms. The quantitative estimate of drug-likeness (QED) is 0.669. The molecule has 8 heteroatoms. The summed E-state index contributed by atoms with van der Waals surface area (Å²) in [5.41, 5.74) is 5.22. The average Bonchev–Trinajstić information content (AvgIpc) is 2.47. The molecule has 7 nitrogen and oxygen atoms in total. The largest absolute Gasteiger partial charge is 0.324 e. The Morgan fingerprint density at radius 3 is 2.71 bits per heavy atom. The zero-order valence-corrected chi connectivity index (χ0v) is 12.7. The molecule has 1 unspecified atom stereocenters. The number of nitrogens with two attached hydrogens (primary N) is 1. The van der Waals surface area contributed by atoms with Crippen LogP contribution in [0.25, 0.3) is 0 Å². The number of nitrogens with zero attached hydrogens (tertiary/aromatic N) is 2. The maximum absolute atomic E-state index is 12.7. The van der Waals surface area contributed by atoms with Gasteiger partial charge in [0.25, 0.3) is 5.69 Å². The van der Waals surface area contributed by atoms with Gasteiger partial charge in [-0.2, -0.15) is 4.31 Å². The van der Waals surface area contributed by atoms with Gasteiger partial charge in [0.1, 0.15) is 0 Å². The van der Waals surface area contributed by atoms with Crippen LogP contribution < -0.4 is 5.73 Å². The number of benzene rings is 1. The average molecular weight is 313 g/mol. The SMILES string of the molecule is CCC1(N)CCCN(S(=O)(=O)c2ccccc2[N+](=O)[O-])C1. The van der Waals surface area contributed by atoms with Crippen LogP contribution in [0.3, 0.4) is 0 Å². The first-order chi connectivity index (χ1) is 9.80. The topological polar surface area (TPSA) is 107 Å². The molecular formula is C13H19N3O4S. The van der Waals surface area contributed by atoms with E-state index >= 15 is 0 Å². The lowest BCUT2D eigenvalue weighted by molar-refractivity contribution is -0.387. The van der Waals surface area contributed by atoms with Crippen LogP contribution in [0.5, 0.6) is 0 Å². The molecule has 0 amide bonds. The van der Waals surface area contributed by atoms with Gasteiger partial charge in [-0.05, 0) is 25.3 Å². The predicted molar refractivity (Wildman–Crippen MR) is 78.3 cm³/mol. The van der Waals surface area contributed by atoms with E-state index in [1.165, 1.54) is 28.6 Å².